The van der Waals surface area contributed by atoms with Crippen LogP contribution in [0, 0.1) is 0 Å². The van der Waals surface area contributed by atoms with Crippen LogP contribution in [0.1, 0.15) is 30.1 Å². The van der Waals surface area contributed by atoms with Gasteiger partial charge in [-0.1, -0.05) is 30.3 Å². The van der Waals surface area contributed by atoms with Crippen LogP contribution >= 0.6 is 11.3 Å². The van der Waals surface area contributed by atoms with Crippen molar-refractivity contribution in [1.82, 2.24) is 20.1 Å². The van der Waals surface area contributed by atoms with E-state index in [0.29, 0.717) is 12.3 Å². The number of hydrogen-bond donors (Lipinski definition) is 1. The third-order valence-electron chi connectivity index (χ3n) is 4.64. The number of thiazole rings is 1. The molecule has 0 bridgehead atoms. The second kappa shape index (κ2) is 7.19. The third kappa shape index (κ3) is 3.64. The van der Waals surface area contributed by atoms with Crippen LogP contribution in [0.3, 0.4) is 0 Å². The highest BCUT2D eigenvalue weighted by atomic mass is 32.1. The first kappa shape index (κ1) is 16.0. The number of hydrogen-bond acceptors (Lipinski definition) is 4. The first-order chi connectivity index (χ1) is 12.3. The molecule has 6 heteroatoms. The van der Waals surface area contributed by atoms with E-state index in [1.807, 2.05) is 46.7 Å². The van der Waals surface area contributed by atoms with Crippen LogP contribution in [0.15, 0.2) is 48.0 Å². The molecule has 0 unspecified atom stereocenters. The van der Waals surface area contributed by atoms with Gasteiger partial charge in [-0.15, -0.1) is 11.3 Å². The van der Waals surface area contributed by atoms with Gasteiger partial charge in [0.25, 0.3) is 0 Å². The van der Waals surface area contributed by atoms with E-state index in [1.54, 1.807) is 17.5 Å². The van der Waals surface area contributed by atoms with Crippen molar-refractivity contribution in [3.63, 3.8) is 0 Å². The van der Waals surface area contributed by atoms with Crippen LogP contribution in [-0.4, -0.2) is 39.1 Å². The summed E-state index contributed by atoms with van der Waals surface area (Å²) in [5.41, 5.74) is 3.08. The highest BCUT2D eigenvalue weighted by molar-refractivity contribution is 7.13. The van der Waals surface area contributed by atoms with Gasteiger partial charge in [-0.05, 0) is 18.9 Å². The topological polar surface area (TPSA) is 61.9 Å². The molecular weight excluding hydrogens is 332 g/mol. The minimum atomic E-state index is 0.161. The Labute approximate surface area is 150 Å². The molecule has 5 nitrogen and oxygen atoms in total. The summed E-state index contributed by atoms with van der Waals surface area (Å²) in [7, 11) is 0. The maximum atomic E-state index is 12.7. The molecule has 3 aromatic rings. The fourth-order valence-corrected chi connectivity index (χ4v) is 4.15. The Morgan fingerprint density at radius 1 is 1.28 bits per heavy atom. The minimum absolute atomic E-state index is 0.161. The summed E-state index contributed by atoms with van der Waals surface area (Å²) in [5, 5.41) is 10.0. The van der Waals surface area contributed by atoms with Crippen molar-refractivity contribution in [3.8, 4) is 10.6 Å². The molecule has 128 valence electrons. The maximum Gasteiger partial charge on any atom is 0.228 e. The molecule has 2 aromatic heterocycles. The molecule has 25 heavy (non-hydrogen) atoms. The molecule has 3 heterocycles. The second-order valence-corrected chi connectivity index (χ2v) is 7.24. The van der Waals surface area contributed by atoms with Gasteiger partial charge in [0.1, 0.15) is 5.01 Å². The number of nitrogens with one attached hydrogen (secondary N) is 1. The van der Waals surface area contributed by atoms with Crippen molar-refractivity contribution in [2.45, 2.75) is 25.2 Å². The Morgan fingerprint density at radius 3 is 2.96 bits per heavy atom. The van der Waals surface area contributed by atoms with E-state index in [-0.39, 0.29) is 5.91 Å². The number of H-pyrrole nitrogens is 1. The summed E-state index contributed by atoms with van der Waals surface area (Å²) in [6.07, 6.45) is 4.28. The highest BCUT2D eigenvalue weighted by Crippen LogP contribution is 2.27. The number of carbonyl (C=O) groups is 1. The normalized spacial score (nSPS) is 17.6. The number of benzene rings is 1. The Kier molecular flexibility index (Phi) is 4.61. The number of amides is 1. The number of rotatable bonds is 4. The van der Waals surface area contributed by atoms with E-state index in [9.17, 15) is 4.79 Å². The average molecular weight is 352 g/mol. The molecule has 4 rings (SSSR count). The SMILES string of the molecule is O=C(Cc1csc(-c2ccccc2)n1)N1CCC[C@H](c2ccn[nH]2)C1. The molecule has 1 fully saturated rings. The van der Waals surface area contributed by atoms with Crippen LogP contribution in [0.4, 0.5) is 0 Å². The lowest BCUT2D eigenvalue weighted by atomic mass is 9.94. The molecule has 1 aliphatic rings. The van der Waals surface area contributed by atoms with Gasteiger partial charge in [0.05, 0.1) is 12.1 Å². The van der Waals surface area contributed by atoms with E-state index in [2.05, 4.69) is 15.2 Å². The van der Waals surface area contributed by atoms with Gasteiger partial charge in [0.15, 0.2) is 0 Å². The first-order valence-corrected chi connectivity index (χ1v) is 9.44. The van der Waals surface area contributed by atoms with Crippen LogP contribution in [0.5, 0.6) is 0 Å². The van der Waals surface area contributed by atoms with E-state index >= 15 is 0 Å². The Morgan fingerprint density at radius 2 is 2.16 bits per heavy atom. The predicted octanol–water partition coefficient (Wildman–Crippen LogP) is 3.48. The third-order valence-corrected chi connectivity index (χ3v) is 5.58. The van der Waals surface area contributed by atoms with Crippen molar-refractivity contribution in [2.24, 2.45) is 0 Å². The number of likely N-dealkylation sites (tertiary alicyclic amines) is 1. The fraction of sp³-hybridized carbons (Fsp3) is 0.316. The summed E-state index contributed by atoms with van der Waals surface area (Å²) < 4.78 is 0. The van der Waals surface area contributed by atoms with E-state index in [0.717, 1.165) is 47.9 Å². The lowest BCUT2D eigenvalue weighted by Gasteiger charge is -2.32. The van der Waals surface area contributed by atoms with Gasteiger partial charge in [0, 0.05) is 41.8 Å². The van der Waals surface area contributed by atoms with Crippen molar-refractivity contribution >= 4 is 17.2 Å². The zero-order valence-electron chi connectivity index (χ0n) is 13.9. The molecule has 1 N–H and O–H groups in total. The number of nitrogens with zero attached hydrogens (tertiary/aromatic N) is 3. The summed E-state index contributed by atoms with van der Waals surface area (Å²) in [6.45, 7) is 1.59. The van der Waals surface area contributed by atoms with Crippen molar-refractivity contribution < 1.29 is 4.79 Å². The summed E-state index contributed by atoms with van der Waals surface area (Å²) in [5.74, 6) is 0.518. The molecule has 0 aliphatic carbocycles. The summed E-state index contributed by atoms with van der Waals surface area (Å²) >= 11 is 1.59. The number of aromatic nitrogens is 3. The van der Waals surface area contributed by atoms with E-state index in [4.69, 9.17) is 0 Å². The van der Waals surface area contributed by atoms with E-state index < -0.39 is 0 Å². The van der Waals surface area contributed by atoms with Gasteiger partial charge in [0.2, 0.25) is 5.91 Å². The Bertz CT molecular complexity index is 828. The van der Waals surface area contributed by atoms with Crippen molar-refractivity contribution in [2.75, 3.05) is 13.1 Å². The average Bonchev–Trinajstić information content (AvgIpc) is 3.35. The lowest BCUT2D eigenvalue weighted by Crippen LogP contribution is -2.40. The van der Waals surface area contributed by atoms with Gasteiger partial charge < -0.3 is 4.90 Å². The molecular formula is C19H20N4OS. The fourth-order valence-electron chi connectivity index (χ4n) is 3.32. The quantitative estimate of drug-likeness (QED) is 0.782. The lowest BCUT2D eigenvalue weighted by molar-refractivity contribution is -0.131. The van der Waals surface area contributed by atoms with Crippen molar-refractivity contribution in [3.05, 3.63) is 59.4 Å². The maximum absolute atomic E-state index is 12.7. The van der Waals surface area contributed by atoms with Gasteiger partial charge >= 0.3 is 0 Å². The van der Waals surface area contributed by atoms with Gasteiger partial charge in [-0.2, -0.15) is 5.10 Å². The number of piperidine rings is 1. The Balaban J connectivity index is 1.41. The summed E-state index contributed by atoms with van der Waals surface area (Å²) in [4.78, 5) is 19.3. The molecule has 0 spiro atoms. The highest BCUT2D eigenvalue weighted by Gasteiger charge is 2.25. The largest absolute Gasteiger partial charge is 0.342 e. The Hall–Kier alpha value is -2.47. The van der Waals surface area contributed by atoms with Gasteiger partial charge in [-0.3, -0.25) is 9.89 Å². The monoisotopic (exact) mass is 352 g/mol. The molecule has 0 saturated carbocycles. The first-order valence-electron chi connectivity index (χ1n) is 8.56. The van der Waals surface area contributed by atoms with Crippen LogP contribution in [0.2, 0.25) is 0 Å². The van der Waals surface area contributed by atoms with Crippen LogP contribution < -0.4 is 0 Å². The second-order valence-electron chi connectivity index (χ2n) is 6.38. The zero-order valence-corrected chi connectivity index (χ0v) is 14.7. The molecule has 0 radical (unpaired) electrons. The van der Waals surface area contributed by atoms with Gasteiger partial charge in [-0.25, -0.2) is 4.98 Å². The zero-order chi connectivity index (χ0) is 17.1. The summed E-state index contributed by atoms with van der Waals surface area (Å²) in [6, 6.07) is 12.1. The predicted molar refractivity (Wildman–Crippen MR) is 98.4 cm³/mol. The van der Waals surface area contributed by atoms with Crippen molar-refractivity contribution in [1.29, 1.82) is 0 Å². The minimum Gasteiger partial charge on any atom is -0.342 e. The molecule has 1 atom stereocenters. The molecule has 1 saturated heterocycles. The standard InChI is InChI=1S/C19H20N4OS/c24-18(23-10-4-7-15(12-23)17-8-9-20-22-17)11-16-13-25-19(21-16)14-5-2-1-3-6-14/h1-3,5-6,8-9,13,15H,4,7,10-12H2,(H,20,22)/t15-/m0/s1. The van der Waals surface area contributed by atoms with Crippen LogP contribution in [-0.2, 0) is 11.2 Å². The smallest absolute Gasteiger partial charge is 0.228 e. The van der Waals surface area contributed by atoms with Crippen LogP contribution in [0.25, 0.3) is 10.6 Å². The number of aromatic amines is 1. The number of carbonyl (C=O) groups excluding carboxylic acids is 1. The molecule has 1 amide bonds. The molecule has 1 aromatic carbocycles. The molecule has 1 aliphatic heterocycles. The van der Waals surface area contributed by atoms with E-state index in [1.165, 1.54) is 0 Å².